The number of ether oxygens (including phenoxy) is 1. The van der Waals surface area contributed by atoms with E-state index < -0.39 is 15.9 Å². The minimum Gasteiger partial charge on any atom is -0.484 e. The van der Waals surface area contributed by atoms with Gasteiger partial charge in [0.15, 0.2) is 11.7 Å². The molecule has 0 aliphatic carbocycles. The van der Waals surface area contributed by atoms with E-state index in [2.05, 4.69) is 10.6 Å². The highest BCUT2D eigenvalue weighted by Gasteiger charge is 2.21. The van der Waals surface area contributed by atoms with Crippen LogP contribution in [0, 0.1) is 0 Å². The summed E-state index contributed by atoms with van der Waals surface area (Å²) in [6.45, 7) is 4.21. The van der Waals surface area contributed by atoms with Crippen LogP contribution < -0.4 is 15.4 Å². The zero-order chi connectivity index (χ0) is 20.6. The molecule has 2 N–H and O–H groups in total. The molecule has 7 nitrogen and oxygen atoms in total. The average molecular weight is 422 g/mol. The summed E-state index contributed by atoms with van der Waals surface area (Å²) in [4.78, 5) is 12.1. The SMILES string of the molecule is CCN(CC)S(=O)(=O)c1ccc(NC(=S)NC(=O)COc2ccccc2)cc1. The molecule has 0 heterocycles. The Morgan fingerprint density at radius 1 is 1.04 bits per heavy atom. The number of carbonyl (C=O) groups is 1. The normalized spacial score (nSPS) is 11.1. The van der Waals surface area contributed by atoms with E-state index in [4.69, 9.17) is 17.0 Å². The number of hydrogen-bond acceptors (Lipinski definition) is 5. The molecule has 28 heavy (non-hydrogen) atoms. The van der Waals surface area contributed by atoms with Gasteiger partial charge in [-0.05, 0) is 48.6 Å². The molecule has 0 atom stereocenters. The van der Waals surface area contributed by atoms with Crippen LogP contribution in [0.15, 0.2) is 59.5 Å². The van der Waals surface area contributed by atoms with Crippen LogP contribution in [0.3, 0.4) is 0 Å². The van der Waals surface area contributed by atoms with Crippen molar-refractivity contribution in [2.75, 3.05) is 25.0 Å². The lowest BCUT2D eigenvalue weighted by Gasteiger charge is -2.18. The number of carbonyl (C=O) groups excluding carboxylic acids is 1. The smallest absolute Gasteiger partial charge is 0.264 e. The Labute approximate surface area is 170 Å². The molecule has 0 radical (unpaired) electrons. The lowest BCUT2D eigenvalue weighted by Crippen LogP contribution is -2.37. The Kier molecular flexibility index (Phi) is 7.91. The van der Waals surface area contributed by atoms with Crippen molar-refractivity contribution in [1.29, 1.82) is 0 Å². The van der Waals surface area contributed by atoms with Gasteiger partial charge in [-0.1, -0.05) is 32.0 Å². The summed E-state index contributed by atoms with van der Waals surface area (Å²) >= 11 is 5.10. The van der Waals surface area contributed by atoms with E-state index >= 15 is 0 Å². The minimum atomic E-state index is -3.51. The Hall–Kier alpha value is -2.49. The van der Waals surface area contributed by atoms with Gasteiger partial charge in [-0.15, -0.1) is 0 Å². The van der Waals surface area contributed by atoms with E-state index in [1.807, 2.05) is 18.2 Å². The van der Waals surface area contributed by atoms with Gasteiger partial charge >= 0.3 is 0 Å². The highest BCUT2D eigenvalue weighted by atomic mass is 32.2. The number of nitrogens with zero attached hydrogens (tertiary/aromatic N) is 1. The highest BCUT2D eigenvalue weighted by molar-refractivity contribution is 7.89. The molecule has 150 valence electrons. The van der Waals surface area contributed by atoms with Gasteiger partial charge in [0.2, 0.25) is 10.0 Å². The first-order valence-corrected chi connectivity index (χ1v) is 10.6. The fraction of sp³-hybridized carbons (Fsp3) is 0.263. The predicted octanol–water partition coefficient (Wildman–Crippen LogP) is 2.61. The molecule has 0 aliphatic rings. The van der Waals surface area contributed by atoms with Crippen LogP contribution in [-0.2, 0) is 14.8 Å². The Bertz CT molecular complexity index is 897. The Morgan fingerprint density at radius 2 is 1.64 bits per heavy atom. The number of amides is 1. The van der Waals surface area contributed by atoms with Crippen molar-refractivity contribution < 1.29 is 17.9 Å². The summed E-state index contributed by atoms with van der Waals surface area (Å²) < 4.78 is 31.7. The standard InChI is InChI=1S/C19H23N3O4S2/c1-3-22(4-2)28(24,25)17-12-10-15(11-13-17)20-19(27)21-18(23)14-26-16-8-6-5-7-9-16/h5-13H,3-4,14H2,1-2H3,(H2,20,21,23,27). The van der Waals surface area contributed by atoms with Crippen LogP contribution in [0.2, 0.25) is 0 Å². The first-order chi connectivity index (χ1) is 13.4. The number of thiocarbonyl (C=S) groups is 1. The molecule has 2 aromatic carbocycles. The lowest BCUT2D eigenvalue weighted by molar-refractivity contribution is -0.121. The zero-order valence-corrected chi connectivity index (χ0v) is 17.3. The van der Waals surface area contributed by atoms with Crippen LogP contribution in [-0.4, -0.2) is 43.4 Å². The van der Waals surface area contributed by atoms with E-state index in [9.17, 15) is 13.2 Å². The fourth-order valence-corrected chi connectivity index (χ4v) is 4.10. The minimum absolute atomic E-state index is 0.0982. The van der Waals surface area contributed by atoms with Gasteiger partial charge in [-0.3, -0.25) is 10.1 Å². The first kappa shape index (κ1) is 21.8. The average Bonchev–Trinajstić information content (AvgIpc) is 2.68. The van der Waals surface area contributed by atoms with Gasteiger partial charge < -0.3 is 10.1 Å². The van der Waals surface area contributed by atoms with Gasteiger partial charge in [-0.25, -0.2) is 8.42 Å². The second-order valence-electron chi connectivity index (χ2n) is 5.72. The molecule has 2 aromatic rings. The molecular formula is C19H23N3O4S2. The molecule has 0 fully saturated rings. The van der Waals surface area contributed by atoms with Crippen LogP contribution in [0.4, 0.5) is 5.69 Å². The second kappa shape index (κ2) is 10.2. The molecule has 2 rings (SSSR count). The summed E-state index contributed by atoms with van der Waals surface area (Å²) in [5.41, 5.74) is 0.563. The molecule has 0 saturated carbocycles. The summed E-state index contributed by atoms with van der Waals surface area (Å²) in [5.74, 6) is 0.184. The zero-order valence-electron chi connectivity index (χ0n) is 15.7. The van der Waals surface area contributed by atoms with Gasteiger partial charge in [0.05, 0.1) is 4.90 Å². The third-order valence-corrected chi connectivity index (χ3v) is 6.09. The van der Waals surface area contributed by atoms with Crippen molar-refractivity contribution in [3.8, 4) is 5.75 Å². The fourth-order valence-electron chi connectivity index (χ4n) is 2.41. The number of sulfonamides is 1. The van der Waals surface area contributed by atoms with E-state index in [1.54, 1.807) is 38.1 Å². The molecule has 0 saturated heterocycles. The van der Waals surface area contributed by atoms with Crippen molar-refractivity contribution in [3.63, 3.8) is 0 Å². The van der Waals surface area contributed by atoms with Crippen molar-refractivity contribution in [2.24, 2.45) is 0 Å². The van der Waals surface area contributed by atoms with Crippen molar-refractivity contribution in [3.05, 3.63) is 54.6 Å². The van der Waals surface area contributed by atoms with Gasteiger partial charge in [0, 0.05) is 18.8 Å². The first-order valence-electron chi connectivity index (χ1n) is 8.75. The van der Waals surface area contributed by atoms with Crippen LogP contribution in [0.5, 0.6) is 5.75 Å². The molecule has 1 amide bonds. The molecule has 0 aromatic heterocycles. The van der Waals surface area contributed by atoms with Crippen LogP contribution in [0.1, 0.15) is 13.8 Å². The van der Waals surface area contributed by atoms with Crippen molar-refractivity contribution >= 4 is 38.9 Å². The Morgan fingerprint density at radius 3 is 2.21 bits per heavy atom. The number of nitrogens with one attached hydrogen (secondary N) is 2. The number of hydrogen-bond donors (Lipinski definition) is 2. The summed E-state index contributed by atoms with van der Waals surface area (Å²) in [7, 11) is -3.51. The summed E-state index contributed by atoms with van der Waals surface area (Å²) in [5, 5.41) is 5.45. The third-order valence-electron chi connectivity index (χ3n) is 3.82. The third kappa shape index (κ3) is 6.01. The molecular weight excluding hydrogens is 398 g/mol. The van der Waals surface area contributed by atoms with Crippen LogP contribution >= 0.6 is 12.2 Å². The molecule has 9 heteroatoms. The van der Waals surface area contributed by atoms with Gasteiger partial charge in [-0.2, -0.15) is 4.31 Å². The topological polar surface area (TPSA) is 87.7 Å². The van der Waals surface area contributed by atoms with Crippen molar-refractivity contribution in [1.82, 2.24) is 9.62 Å². The van der Waals surface area contributed by atoms with E-state index in [0.717, 1.165) is 0 Å². The monoisotopic (exact) mass is 421 g/mol. The number of anilines is 1. The predicted molar refractivity (Wildman–Crippen MR) is 113 cm³/mol. The summed E-state index contributed by atoms with van der Waals surface area (Å²) in [6, 6.07) is 15.1. The maximum atomic E-state index is 12.5. The van der Waals surface area contributed by atoms with Crippen LogP contribution in [0.25, 0.3) is 0 Å². The lowest BCUT2D eigenvalue weighted by atomic mass is 10.3. The molecule has 0 bridgehead atoms. The van der Waals surface area contributed by atoms with E-state index in [0.29, 0.717) is 24.5 Å². The van der Waals surface area contributed by atoms with Gasteiger partial charge in [0.25, 0.3) is 5.91 Å². The summed E-state index contributed by atoms with van der Waals surface area (Å²) in [6.07, 6.45) is 0. The maximum Gasteiger partial charge on any atom is 0.264 e. The highest BCUT2D eigenvalue weighted by Crippen LogP contribution is 2.18. The number of benzene rings is 2. The maximum absolute atomic E-state index is 12.5. The molecule has 0 unspecified atom stereocenters. The van der Waals surface area contributed by atoms with Crippen molar-refractivity contribution in [2.45, 2.75) is 18.7 Å². The number of para-hydroxylation sites is 1. The molecule has 0 aliphatic heterocycles. The van der Waals surface area contributed by atoms with E-state index in [-0.39, 0.29) is 16.6 Å². The largest absolute Gasteiger partial charge is 0.484 e. The quantitative estimate of drug-likeness (QED) is 0.637. The number of rotatable bonds is 8. The van der Waals surface area contributed by atoms with E-state index in [1.165, 1.54) is 16.4 Å². The second-order valence-corrected chi connectivity index (χ2v) is 8.06. The molecule has 0 spiro atoms. The van der Waals surface area contributed by atoms with Gasteiger partial charge in [0.1, 0.15) is 5.75 Å². The Balaban J connectivity index is 1.89.